The Bertz CT molecular complexity index is 439. The molecule has 0 aromatic heterocycles. The molecule has 1 aliphatic rings. The van der Waals surface area contributed by atoms with Gasteiger partial charge in [0.25, 0.3) is 0 Å². The zero-order valence-corrected chi connectivity index (χ0v) is 9.96. The number of amides is 1. The molecule has 0 unspecified atom stereocenters. The molecule has 1 heterocycles. The maximum atomic E-state index is 12.0. The van der Waals surface area contributed by atoms with Gasteiger partial charge in [-0.15, -0.1) is 13.2 Å². The molecule has 2 rings (SSSR count). The number of hydrogen-bond donors (Lipinski definition) is 2. The summed E-state index contributed by atoms with van der Waals surface area (Å²) in [4.78, 5) is 11.7. The molecule has 4 nitrogen and oxygen atoms in total. The number of hydrogen-bond acceptors (Lipinski definition) is 3. The van der Waals surface area contributed by atoms with Gasteiger partial charge in [-0.1, -0.05) is 0 Å². The molecule has 0 aliphatic carbocycles. The molecule has 2 N–H and O–H groups in total. The third-order valence-electron chi connectivity index (χ3n) is 2.73. The molecule has 1 atom stereocenters. The van der Waals surface area contributed by atoms with Crippen LogP contribution in [0.5, 0.6) is 5.75 Å². The fourth-order valence-corrected chi connectivity index (χ4v) is 1.88. The van der Waals surface area contributed by atoms with Crippen LogP contribution in [0, 0.1) is 0 Å². The number of rotatable bonds is 3. The van der Waals surface area contributed by atoms with Gasteiger partial charge in [-0.2, -0.15) is 0 Å². The Balaban J connectivity index is 1.93. The van der Waals surface area contributed by atoms with E-state index < -0.39 is 6.36 Å². The number of alkyl halides is 3. The minimum atomic E-state index is -4.71. The van der Waals surface area contributed by atoms with Crippen molar-refractivity contribution < 1.29 is 22.7 Å². The molecule has 0 radical (unpaired) electrons. The van der Waals surface area contributed by atoms with Crippen LogP contribution in [0.3, 0.4) is 0 Å². The first-order valence-electron chi connectivity index (χ1n) is 5.84. The molecule has 1 aromatic carbocycles. The average molecular weight is 274 g/mol. The molecule has 19 heavy (non-hydrogen) atoms. The van der Waals surface area contributed by atoms with Crippen LogP contribution < -0.4 is 15.4 Å². The SMILES string of the molecule is O=C(Nc1ccc(OC(F)(F)F)cc1)[C@H]1CCCN1. The van der Waals surface area contributed by atoms with Crippen molar-refractivity contribution in [2.75, 3.05) is 11.9 Å². The van der Waals surface area contributed by atoms with Gasteiger partial charge in [0, 0.05) is 5.69 Å². The highest BCUT2D eigenvalue weighted by molar-refractivity contribution is 5.95. The van der Waals surface area contributed by atoms with E-state index in [0.717, 1.165) is 31.5 Å². The smallest absolute Gasteiger partial charge is 0.406 e. The standard InChI is InChI=1S/C12H13F3N2O2/c13-12(14,15)19-9-5-3-8(4-6-9)17-11(18)10-2-1-7-16-10/h3-6,10,16H,1-2,7H2,(H,17,18)/t10-/m1/s1. The summed E-state index contributed by atoms with van der Waals surface area (Å²) in [6.45, 7) is 0.802. The lowest BCUT2D eigenvalue weighted by Gasteiger charge is -2.12. The van der Waals surface area contributed by atoms with Gasteiger partial charge in [-0.05, 0) is 43.7 Å². The lowest BCUT2D eigenvalue weighted by molar-refractivity contribution is -0.274. The number of halogens is 3. The van der Waals surface area contributed by atoms with E-state index in [0.29, 0.717) is 5.69 Å². The molecule has 1 amide bonds. The third-order valence-corrected chi connectivity index (χ3v) is 2.73. The van der Waals surface area contributed by atoms with Crippen LogP contribution in [0.15, 0.2) is 24.3 Å². The number of nitrogens with one attached hydrogen (secondary N) is 2. The van der Waals surface area contributed by atoms with Gasteiger partial charge >= 0.3 is 6.36 Å². The van der Waals surface area contributed by atoms with Crippen molar-refractivity contribution in [3.8, 4) is 5.75 Å². The van der Waals surface area contributed by atoms with Gasteiger partial charge in [0.15, 0.2) is 0 Å². The van der Waals surface area contributed by atoms with Crippen molar-refractivity contribution >= 4 is 11.6 Å². The monoisotopic (exact) mass is 274 g/mol. The lowest BCUT2D eigenvalue weighted by Crippen LogP contribution is -2.35. The first kappa shape index (κ1) is 13.7. The number of ether oxygens (including phenoxy) is 1. The van der Waals surface area contributed by atoms with E-state index in [4.69, 9.17) is 0 Å². The minimum Gasteiger partial charge on any atom is -0.406 e. The van der Waals surface area contributed by atoms with Crippen molar-refractivity contribution in [1.82, 2.24) is 5.32 Å². The van der Waals surface area contributed by atoms with Gasteiger partial charge in [-0.3, -0.25) is 4.79 Å². The van der Waals surface area contributed by atoms with Crippen LogP contribution in [0.2, 0.25) is 0 Å². The summed E-state index contributed by atoms with van der Waals surface area (Å²) < 4.78 is 39.6. The van der Waals surface area contributed by atoms with E-state index in [2.05, 4.69) is 15.4 Å². The zero-order chi connectivity index (χ0) is 13.9. The first-order valence-corrected chi connectivity index (χ1v) is 5.84. The molecular formula is C12H13F3N2O2. The summed E-state index contributed by atoms with van der Waals surface area (Å²) in [5.74, 6) is -0.494. The number of carbonyl (C=O) groups is 1. The Morgan fingerprint density at radius 1 is 1.32 bits per heavy atom. The van der Waals surface area contributed by atoms with E-state index in [1.165, 1.54) is 12.1 Å². The lowest BCUT2D eigenvalue weighted by atomic mass is 10.2. The third kappa shape index (κ3) is 4.13. The van der Waals surface area contributed by atoms with Crippen LogP contribution >= 0.6 is 0 Å². The maximum absolute atomic E-state index is 12.0. The highest BCUT2D eigenvalue weighted by atomic mass is 19.4. The molecule has 1 aliphatic heterocycles. The Morgan fingerprint density at radius 3 is 2.53 bits per heavy atom. The van der Waals surface area contributed by atoms with Gasteiger partial charge in [0.05, 0.1) is 6.04 Å². The molecule has 7 heteroatoms. The minimum absolute atomic E-state index is 0.179. The van der Waals surface area contributed by atoms with E-state index in [1.54, 1.807) is 0 Å². The first-order chi connectivity index (χ1) is 8.94. The van der Waals surface area contributed by atoms with Gasteiger partial charge in [-0.25, -0.2) is 0 Å². The highest BCUT2D eigenvalue weighted by Gasteiger charge is 2.31. The molecular weight excluding hydrogens is 261 g/mol. The quantitative estimate of drug-likeness (QED) is 0.889. The fourth-order valence-electron chi connectivity index (χ4n) is 1.88. The Kier molecular flexibility index (Phi) is 3.94. The van der Waals surface area contributed by atoms with Crippen LogP contribution in [0.1, 0.15) is 12.8 Å². The topological polar surface area (TPSA) is 50.4 Å². The van der Waals surface area contributed by atoms with Crippen LogP contribution in [-0.2, 0) is 4.79 Å². The van der Waals surface area contributed by atoms with E-state index in [9.17, 15) is 18.0 Å². The van der Waals surface area contributed by atoms with Crippen molar-refractivity contribution in [2.45, 2.75) is 25.2 Å². The molecule has 0 saturated carbocycles. The molecule has 0 spiro atoms. The number of anilines is 1. The van der Waals surface area contributed by atoms with Crippen LogP contribution in [0.4, 0.5) is 18.9 Å². The second-order valence-corrected chi connectivity index (χ2v) is 4.21. The molecule has 1 saturated heterocycles. The summed E-state index contributed by atoms with van der Waals surface area (Å²) in [6.07, 6.45) is -3.00. The predicted molar refractivity (Wildman–Crippen MR) is 62.8 cm³/mol. The van der Waals surface area contributed by atoms with E-state index >= 15 is 0 Å². The number of carbonyl (C=O) groups excluding carboxylic acids is 1. The maximum Gasteiger partial charge on any atom is 0.573 e. The van der Waals surface area contributed by atoms with Crippen molar-refractivity contribution in [3.05, 3.63) is 24.3 Å². The second-order valence-electron chi connectivity index (χ2n) is 4.21. The van der Waals surface area contributed by atoms with Crippen LogP contribution in [-0.4, -0.2) is 24.9 Å². The van der Waals surface area contributed by atoms with Gasteiger partial charge in [0.1, 0.15) is 5.75 Å². The van der Waals surface area contributed by atoms with Gasteiger partial charge < -0.3 is 15.4 Å². The van der Waals surface area contributed by atoms with Crippen molar-refractivity contribution in [3.63, 3.8) is 0 Å². The Labute approximate surface area is 107 Å². The summed E-state index contributed by atoms with van der Waals surface area (Å²) in [5.41, 5.74) is 0.438. The summed E-state index contributed by atoms with van der Waals surface area (Å²) in [7, 11) is 0. The fraction of sp³-hybridized carbons (Fsp3) is 0.417. The number of benzene rings is 1. The molecule has 0 bridgehead atoms. The van der Waals surface area contributed by atoms with Crippen molar-refractivity contribution in [2.24, 2.45) is 0 Å². The molecule has 1 fully saturated rings. The summed E-state index contributed by atoms with van der Waals surface area (Å²) in [5, 5.41) is 5.67. The van der Waals surface area contributed by atoms with Crippen LogP contribution in [0.25, 0.3) is 0 Å². The van der Waals surface area contributed by atoms with E-state index in [1.807, 2.05) is 0 Å². The predicted octanol–water partition coefficient (Wildman–Crippen LogP) is 2.28. The normalized spacial score (nSPS) is 19.2. The van der Waals surface area contributed by atoms with E-state index in [-0.39, 0.29) is 17.7 Å². The average Bonchev–Trinajstić information content (AvgIpc) is 2.83. The molecule has 1 aromatic rings. The highest BCUT2D eigenvalue weighted by Crippen LogP contribution is 2.24. The zero-order valence-electron chi connectivity index (χ0n) is 9.96. The molecule has 104 valence electrons. The summed E-state index contributed by atoms with van der Waals surface area (Å²) in [6, 6.07) is 4.82. The Hall–Kier alpha value is -1.76. The largest absolute Gasteiger partial charge is 0.573 e. The second kappa shape index (κ2) is 5.48. The summed E-state index contributed by atoms with van der Waals surface area (Å²) >= 11 is 0. The Morgan fingerprint density at radius 2 is 2.00 bits per heavy atom. The van der Waals surface area contributed by atoms with Gasteiger partial charge in [0.2, 0.25) is 5.91 Å². The van der Waals surface area contributed by atoms with Crippen molar-refractivity contribution in [1.29, 1.82) is 0 Å².